The second-order valence-corrected chi connectivity index (χ2v) is 6.89. The van der Waals surface area contributed by atoms with Gasteiger partial charge in [-0.1, -0.05) is 12.1 Å². The van der Waals surface area contributed by atoms with Crippen molar-refractivity contribution < 1.29 is 14.3 Å². The van der Waals surface area contributed by atoms with Crippen LogP contribution in [0.3, 0.4) is 0 Å². The molecule has 0 spiro atoms. The van der Waals surface area contributed by atoms with Gasteiger partial charge in [0.1, 0.15) is 18.5 Å². The number of nitrogens with one attached hydrogen (secondary N) is 2. The number of nitrogens with zero attached hydrogens (tertiary/aromatic N) is 3. The van der Waals surface area contributed by atoms with E-state index < -0.39 is 0 Å². The summed E-state index contributed by atoms with van der Waals surface area (Å²) in [5.41, 5.74) is 0. The van der Waals surface area contributed by atoms with E-state index in [9.17, 15) is 4.79 Å². The predicted octanol–water partition coefficient (Wildman–Crippen LogP) is 0.744. The molecule has 1 saturated heterocycles. The smallest absolute Gasteiger partial charge is 0.234 e. The van der Waals surface area contributed by atoms with Crippen LogP contribution in [0.1, 0.15) is 11.9 Å². The van der Waals surface area contributed by atoms with Gasteiger partial charge in [0.05, 0.1) is 19.1 Å². The van der Waals surface area contributed by atoms with E-state index in [0.29, 0.717) is 19.7 Å². The number of halogens is 1. The van der Waals surface area contributed by atoms with Crippen molar-refractivity contribution in [2.45, 2.75) is 12.1 Å². The zero-order valence-corrected chi connectivity index (χ0v) is 16.7. The molecule has 28 heavy (non-hydrogen) atoms. The average molecular weight is 408 g/mol. The summed E-state index contributed by atoms with van der Waals surface area (Å²) in [6, 6.07) is 7.67. The van der Waals surface area contributed by atoms with Gasteiger partial charge < -0.3 is 24.7 Å². The molecular formula is C19H26ClN5O3. The molecule has 2 N–H and O–H groups in total. The molecule has 0 aliphatic carbocycles. The first-order valence-electron chi connectivity index (χ1n) is 9.28. The highest BCUT2D eigenvalue weighted by molar-refractivity contribution is 5.85. The Morgan fingerprint density at radius 3 is 2.96 bits per heavy atom. The van der Waals surface area contributed by atoms with Crippen LogP contribution in [0.15, 0.2) is 36.7 Å². The summed E-state index contributed by atoms with van der Waals surface area (Å²) in [4.78, 5) is 19.1. The predicted molar refractivity (Wildman–Crippen MR) is 107 cm³/mol. The number of hydrogen-bond acceptors (Lipinski definition) is 6. The number of piperazine rings is 1. The van der Waals surface area contributed by atoms with Gasteiger partial charge in [0, 0.05) is 39.1 Å². The third kappa shape index (κ3) is 4.57. The highest BCUT2D eigenvalue weighted by atomic mass is 35.5. The van der Waals surface area contributed by atoms with Crippen molar-refractivity contribution in [3.05, 3.63) is 42.5 Å². The second-order valence-electron chi connectivity index (χ2n) is 6.89. The van der Waals surface area contributed by atoms with Crippen LogP contribution in [-0.2, 0) is 11.8 Å². The Balaban J connectivity index is 0.00000225. The summed E-state index contributed by atoms with van der Waals surface area (Å²) in [6.45, 7) is 3.65. The zero-order chi connectivity index (χ0) is 18.6. The maximum absolute atomic E-state index is 12.5. The molecular weight excluding hydrogens is 382 g/mol. The fourth-order valence-corrected chi connectivity index (χ4v) is 3.52. The lowest BCUT2D eigenvalue weighted by Crippen LogP contribution is -2.51. The minimum Gasteiger partial charge on any atom is -0.486 e. The average Bonchev–Trinajstić information content (AvgIpc) is 3.12. The second kappa shape index (κ2) is 9.27. The number of ether oxygens (including phenoxy) is 2. The highest BCUT2D eigenvalue weighted by Crippen LogP contribution is 2.30. The molecule has 1 amide bonds. The van der Waals surface area contributed by atoms with Crippen molar-refractivity contribution >= 4 is 18.3 Å². The lowest BCUT2D eigenvalue weighted by atomic mass is 10.1. The monoisotopic (exact) mass is 407 g/mol. The molecule has 8 nitrogen and oxygen atoms in total. The molecule has 152 valence electrons. The Labute approximate surface area is 170 Å². The van der Waals surface area contributed by atoms with E-state index in [2.05, 4.69) is 20.5 Å². The van der Waals surface area contributed by atoms with Gasteiger partial charge >= 0.3 is 0 Å². The summed E-state index contributed by atoms with van der Waals surface area (Å²) in [5, 5.41) is 6.36. The fraction of sp³-hybridized carbons (Fsp3) is 0.474. The molecule has 1 aromatic carbocycles. The highest BCUT2D eigenvalue weighted by Gasteiger charge is 2.28. The van der Waals surface area contributed by atoms with Crippen LogP contribution in [0, 0.1) is 0 Å². The number of carbonyl (C=O) groups excluding carboxylic acids is 1. The Morgan fingerprint density at radius 1 is 1.36 bits per heavy atom. The molecule has 2 aromatic rings. The first-order valence-corrected chi connectivity index (χ1v) is 9.28. The van der Waals surface area contributed by atoms with E-state index >= 15 is 0 Å². The van der Waals surface area contributed by atoms with Crippen LogP contribution in [0.5, 0.6) is 11.5 Å². The van der Waals surface area contributed by atoms with Crippen molar-refractivity contribution in [3.8, 4) is 11.5 Å². The van der Waals surface area contributed by atoms with Crippen LogP contribution in [0.25, 0.3) is 0 Å². The quantitative estimate of drug-likeness (QED) is 0.761. The molecule has 3 heterocycles. The third-order valence-corrected chi connectivity index (χ3v) is 4.95. The van der Waals surface area contributed by atoms with Crippen LogP contribution < -0.4 is 20.1 Å². The number of aromatic nitrogens is 2. The first kappa shape index (κ1) is 20.4. The SMILES string of the molecule is Cl.Cn1ccnc1C1CNCCN1CC(=O)NCC1COc2ccccc2O1. The number of imidazole rings is 1. The van der Waals surface area contributed by atoms with Gasteiger partial charge in [0.2, 0.25) is 5.91 Å². The topological polar surface area (TPSA) is 80.7 Å². The Bertz CT molecular complexity index is 799. The lowest BCUT2D eigenvalue weighted by molar-refractivity contribution is -0.123. The summed E-state index contributed by atoms with van der Waals surface area (Å²) in [7, 11) is 1.98. The summed E-state index contributed by atoms with van der Waals surface area (Å²) in [5.74, 6) is 2.42. The standard InChI is InChI=1S/C19H25N5O3.ClH/c1-23-8-7-21-19(23)15-11-20-6-9-24(15)12-18(25)22-10-14-13-26-16-4-2-3-5-17(16)27-14;/h2-5,7-8,14-15,20H,6,9-13H2,1H3,(H,22,25);1H. The number of carbonyl (C=O) groups is 1. The van der Waals surface area contributed by atoms with E-state index in [4.69, 9.17) is 9.47 Å². The van der Waals surface area contributed by atoms with E-state index in [0.717, 1.165) is 37.0 Å². The Hall–Kier alpha value is -2.29. The number of aryl methyl sites for hydroxylation is 1. The van der Waals surface area contributed by atoms with Crippen LogP contribution >= 0.6 is 12.4 Å². The molecule has 2 atom stereocenters. The van der Waals surface area contributed by atoms with E-state index in [1.807, 2.05) is 42.1 Å². The van der Waals surface area contributed by atoms with Crippen LogP contribution in [0.2, 0.25) is 0 Å². The lowest BCUT2D eigenvalue weighted by Gasteiger charge is -2.35. The zero-order valence-electron chi connectivity index (χ0n) is 15.8. The third-order valence-electron chi connectivity index (χ3n) is 4.95. The van der Waals surface area contributed by atoms with Crippen molar-refractivity contribution in [1.29, 1.82) is 0 Å². The molecule has 4 rings (SSSR count). The van der Waals surface area contributed by atoms with E-state index in [-0.39, 0.29) is 30.5 Å². The summed E-state index contributed by atoms with van der Waals surface area (Å²) in [6.07, 6.45) is 3.54. The number of para-hydroxylation sites is 2. The minimum atomic E-state index is -0.183. The van der Waals surface area contributed by atoms with Gasteiger partial charge in [-0.3, -0.25) is 9.69 Å². The number of hydrogen-bond donors (Lipinski definition) is 2. The summed E-state index contributed by atoms with van der Waals surface area (Å²) < 4.78 is 13.6. The van der Waals surface area contributed by atoms with Gasteiger partial charge in [0.25, 0.3) is 0 Å². The molecule has 0 bridgehead atoms. The largest absolute Gasteiger partial charge is 0.486 e. The molecule has 0 radical (unpaired) electrons. The van der Waals surface area contributed by atoms with Crippen LogP contribution in [0.4, 0.5) is 0 Å². The van der Waals surface area contributed by atoms with Gasteiger partial charge in [0.15, 0.2) is 11.5 Å². The molecule has 1 aromatic heterocycles. The maximum Gasteiger partial charge on any atom is 0.234 e. The molecule has 9 heteroatoms. The number of amides is 1. The van der Waals surface area contributed by atoms with Gasteiger partial charge in [-0.25, -0.2) is 4.98 Å². The Kier molecular flexibility index (Phi) is 6.77. The first-order chi connectivity index (χ1) is 13.2. The van der Waals surface area contributed by atoms with Gasteiger partial charge in [-0.2, -0.15) is 0 Å². The van der Waals surface area contributed by atoms with Gasteiger partial charge in [-0.05, 0) is 12.1 Å². The van der Waals surface area contributed by atoms with Gasteiger partial charge in [-0.15, -0.1) is 12.4 Å². The van der Waals surface area contributed by atoms with Crippen LogP contribution in [-0.4, -0.2) is 65.8 Å². The molecule has 2 unspecified atom stereocenters. The minimum absolute atomic E-state index is 0. The summed E-state index contributed by atoms with van der Waals surface area (Å²) >= 11 is 0. The van der Waals surface area contributed by atoms with Crippen molar-refractivity contribution in [3.63, 3.8) is 0 Å². The number of fused-ring (bicyclic) bond motifs is 1. The molecule has 2 aliphatic heterocycles. The Morgan fingerprint density at radius 2 is 2.18 bits per heavy atom. The number of rotatable bonds is 5. The van der Waals surface area contributed by atoms with E-state index in [1.165, 1.54) is 0 Å². The molecule has 2 aliphatic rings. The normalized spacial score (nSPS) is 21.6. The fourth-order valence-electron chi connectivity index (χ4n) is 3.52. The van der Waals surface area contributed by atoms with Crippen molar-refractivity contribution in [2.24, 2.45) is 7.05 Å². The van der Waals surface area contributed by atoms with E-state index in [1.54, 1.807) is 6.20 Å². The maximum atomic E-state index is 12.5. The molecule has 1 fully saturated rings. The number of benzene rings is 1. The van der Waals surface area contributed by atoms with Crippen molar-refractivity contribution in [1.82, 2.24) is 25.1 Å². The molecule has 0 saturated carbocycles. The van der Waals surface area contributed by atoms with Crippen molar-refractivity contribution in [2.75, 3.05) is 39.3 Å².